The Balaban J connectivity index is 1.57. The van der Waals surface area contributed by atoms with Gasteiger partial charge < -0.3 is 10.2 Å². The second-order valence-electron chi connectivity index (χ2n) is 5.62. The van der Waals surface area contributed by atoms with Crippen molar-refractivity contribution in [3.8, 4) is 0 Å². The van der Waals surface area contributed by atoms with E-state index in [4.69, 9.17) is 0 Å². The molecule has 1 aromatic carbocycles. The summed E-state index contributed by atoms with van der Waals surface area (Å²) in [5, 5.41) is 11.0. The van der Waals surface area contributed by atoms with Crippen molar-refractivity contribution in [3.63, 3.8) is 0 Å². The van der Waals surface area contributed by atoms with E-state index in [2.05, 4.69) is 20.5 Å². The second-order valence-corrected chi connectivity index (χ2v) is 5.62. The van der Waals surface area contributed by atoms with E-state index in [9.17, 15) is 4.79 Å². The van der Waals surface area contributed by atoms with Gasteiger partial charge in [-0.3, -0.25) is 9.78 Å². The Bertz CT molecular complexity index is 806. The summed E-state index contributed by atoms with van der Waals surface area (Å²) in [6.07, 6.45) is 4.48. The lowest BCUT2D eigenvalue weighted by Gasteiger charge is -2.17. The molecular weight excluding hydrogens is 314 g/mol. The fourth-order valence-electron chi connectivity index (χ4n) is 2.33. The average molecular weight is 333 g/mol. The lowest BCUT2D eigenvalue weighted by molar-refractivity contribution is 0.102. The normalized spacial score (nSPS) is 10.3. The number of amides is 1. The van der Waals surface area contributed by atoms with Gasteiger partial charge in [0.2, 0.25) is 0 Å². The fourth-order valence-corrected chi connectivity index (χ4v) is 2.33. The van der Waals surface area contributed by atoms with Gasteiger partial charge in [-0.25, -0.2) is 0 Å². The fraction of sp³-hybridized carbons (Fsp3) is 0.158. The third-order valence-corrected chi connectivity index (χ3v) is 3.80. The summed E-state index contributed by atoms with van der Waals surface area (Å²) in [6.45, 7) is 0.814. The molecule has 0 unspecified atom stereocenters. The van der Waals surface area contributed by atoms with Crippen LogP contribution >= 0.6 is 0 Å². The predicted octanol–water partition coefficient (Wildman–Crippen LogP) is 2.80. The molecule has 2 aromatic heterocycles. The summed E-state index contributed by atoms with van der Waals surface area (Å²) in [5.74, 6) is 0.987. The number of nitrogens with zero attached hydrogens (tertiary/aromatic N) is 4. The molecule has 0 aliphatic carbocycles. The Morgan fingerprint density at radius 1 is 1.00 bits per heavy atom. The number of hydrogen-bond acceptors (Lipinski definition) is 5. The van der Waals surface area contributed by atoms with Crippen molar-refractivity contribution in [1.29, 1.82) is 0 Å². The van der Waals surface area contributed by atoms with Crippen LogP contribution in [-0.2, 0) is 6.42 Å². The SMILES string of the molecule is CN(CCc1ccncc1)c1ccc(NC(=O)c2ccccc2)nn1. The van der Waals surface area contributed by atoms with Crippen molar-refractivity contribution >= 4 is 17.5 Å². The molecule has 0 saturated heterocycles. The van der Waals surface area contributed by atoms with Gasteiger partial charge in [0.25, 0.3) is 5.91 Å². The molecule has 6 nitrogen and oxygen atoms in total. The highest BCUT2D eigenvalue weighted by molar-refractivity contribution is 6.03. The third-order valence-electron chi connectivity index (χ3n) is 3.80. The summed E-state index contributed by atoms with van der Waals surface area (Å²) >= 11 is 0. The molecule has 3 aromatic rings. The number of pyridine rings is 1. The zero-order chi connectivity index (χ0) is 17.5. The van der Waals surface area contributed by atoms with Crippen molar-refractivity contribution in [2.75, 3.05) is 23.8 Å². The van der Waals surface area contributed by atoms with Gasteiger partial charge >= 0.3 is 0 Å². The predicted molar refractivity (Wildman–Crippen MR) is 97.6 cm³/mol. The first kappa shape index (κ1) is 16.6. The highest BCUT2D eigenvalue weighted by Gasteiger charge is 2.08. The van der Waals surface area contributed by atoms with Crippen LogP contribution in [0.3, 0.4) is 0 Å². The number of rotatable bonds is 6. The first-order valence-corrected chi connectivity index (χ1v) is 8.02. The molecule has 0 aliphatic heterocycles. The Kier molecular flexibility index (Phi) is 5.31. The maximum absolute atomic E-state index is 12.1. The molecule has 0 fully saturated rings. The monoisotopic (exact) mass is 333 g/mol. The number of nitrogens with one attached hydrogen (secondary N) is 1. The van der Waals surface area contributed by atoms with Crippen LogP contribution in [0.5, 0.6) is 0 Å². The van der Waals surface area contributed by atoms with Crippen molar-refractivity contribution in [2.24, 2.45) is 0 Å². The van der Waals surface area contributed by atoms with E-state index in [1.54, 1.807) is 30.6 Å². The van der Waals surface area contributed by atoms with Gasteiger partial charge in [0, 0.05) is 31.5 Å². The van der Waals surface area contributed by atoms with Crippen LogP contribution in [0.15, 0.2) is 67.0 Å². The molecule has 2 heterocycles. The Morgan fingerprint density at radius 2 is 1.76 bits per heavy atom. The molecule has 0 spiro atoms. The van der Waals surface area contributed by atoms with E-state index in [0.29, 0.717) is 11.4 Å². The zero-order valence-corrected chi connectivity index (χ0v) is 14.0. The van der Waals surface area contributed by atoms with Gasteiger partial charge in [-0.15, -0.1) is 10.2 Å². The molecule has 0 aliphatic rings. The van der Waals surface area contributed by atoms with E-state index in [1.807, 2.05) is 48.3 Å². The van der Waals surface area contributed by atoms with E-state index in [0.717, 1.165) is 18.8 Å². The Hall–Kier alpha value is -3.28. The summed E-state index contributed by atoms with van der Waals surface area (Å²) in [7, 11) is 1.97. The van der Waals surface area contributed by atoms with Crippen molar-refractivity contribution in [2.45, 2.75) is 6.42 Å². The average Bonchev–Trinajstić information content (AvgIpc) is 2.68. The number of carbonyl (C=O) groups excluding carboxylic acids is 1. The summed E-state index contributed by atoms with van der Waals surface area (Å²) < 4.78 is 0. The lowest BCUT2D eigenvalue weighted by atomic mass is 10.2. The number of likely N-dealkylation sites (N-methyl/N-ethyl adjacent to an activating group) is 1. The standard InChI is InChI=1S/C19H19N5O/c1-24(14-11-15-9-12-20-13-10-15)18-8-7-17(22-23-18)21-19(25)16-5-3-2-4-6-16/h2-10,12-13H,11,14H2,1H3,(H,21,22,25). The Morgan fingerprint density at radius 3 is 2.44 bits per heavy atom. The number of carbonyl (C=O) groups is 1. The molecule has 0 atom stereocenters. The second kappa shape index (κ2) is 8.01. The number of hydrogen-bond donors (Lipinski definition) is 1. The van der Waals surface area contributed by atoms with Gasteiger partial charge in [-0.2, -0.15) is 0 Å². The maximum Gasteiger partial charge on any atom is 0.256 e. The first-order valence-electron chi connectivity index (χ1n) is 8.02. The zero-order valence-electron chi connectivity index (χ0n) is 14.0. The molecule has 0 bridgehead atoms. The highest BCUT2D eigenvalue weighted by Crippen LogP contribution is 2.12. The molecule has 1 amide bonds. The van der Waals surface area contributed by atoms with E-state index >= 15 is 0 Å². The Labute approximate surface area is 146 Å². The number of aromatic nitrogens is 3. The highest BCUT2D eigenvalue weighted by atomic mass is 16.1. The van der Waals surface area contributed by atoms with Crippen LogP contribution < -0.4 is 10.2 Å². The van der Waals surface area contributed by atoms with Gasteiger partial charge in [-0.05, 0) is 48.4 Å². The largest absolute Gasteiger partial charge is 0.358 e. The molecule has 1 N–H and O–H groups in total. The van der Waals surface area contributed by atoms with E-state index in [1.165, 1.54) is 5.56 Å². The van der Waals surface area contributed by atoms with Crippen molar-refractivity contribution in [3.05, 3.63) is 78.1 Å². The van der Waals surface area contributed by atoms with Crippen LogP contribution in [0.1, 0.15) is 15.9 Å². The van der Waals surface area contributed by atoms with Crippen molar-refractivity contribution in [1.82, 2.24) is 15.2 Å². The molecule has 0 saturated carbocycles. The molecule has 6 heteroatoms. The van der Waals surface area contributed by atoms with Crippen LogP contribution in [0.25, 0.3) is 0 Å². The van der Waals surface area contributed by atoms with E-state index < -0.39 is 0 Å². The van der Waals surface area contributed by atoms with E-state index in [-0.39, 0.29) is 5.91 Å². The van der Waals surface area contributed by atoms with Gasteiger partial charge in [-0.1, -0.05) is 18.2 Å². The first-order chi connectivity index (χ1) is 12.2. The van der Waals surface area contributed by atoms with Crippen LogP contribution in [0, 0.1) is 0 Å². The van der Waals surface area contributed by atoms with Crippen LogP contribution in [-0.4, -0.2) is 34.7 Å². The van der Waals surface area contributed by atoms with Crippen molar-refractivity contribution < 1.29 is 4.79 Å². The lowest BCUT2D eigenvalue weighted by Crippen LogP contribution is -2.22. The minimum Gasteiger partial charge on any atom is -0.358 e. The maximum atomic E-state index is 12.1. The topological polar surface area (TPSA) is 71.0 Å². The smallest absolute Gasteiger partial charge is 0.256 e. The van der Waals surface area contributed by atoms with Gasteiger partial charge in [0.05, 0.1) is 0 Å². The van der Waals surface area contributed by atoms with Crippen LogP contribution in [0.2, 0.25) is 0 Å². The van der Waals surface area contributed by atoms with Crippen LogP contribution in [0.4, 0.5) is 11.6 Å². The number of benzene rings is 1. The minimum atomic E-state index is -0.200. The minimum absolute atomic E-state index is 0.200. The molecule has 0 radical (unpaired) electrons. The third kappa shape index (κ3) is 4.60. The summed E-state index contributed by atoms with van der Waals surface area (Å²) in [6, 6.07) is 16.6. The molecule has 25 heavy (non-hydrogen) atoms. The van der Waals surface area contributed by atoms with Gasteiger partial charge in [0.1, 0.15) is 0 Å². The molecular formula is C19H19N5O. The van der Waals surface area contributed by atoms with Gasteiger partial charge in [0.15, 0.2) is 11.6 Å². The molecule has 3 rings (SSSR count). The molecule has 126 valence electrons. The quantitative estimate of drug-likeness (QED) is 0.751. The summed E-state index contributed by atoms with van der Waals surface area (Å²) in [4.78, 5) is 18.1. The number of anilines is 2. The summed E-state index contributed by atoms with van der Waals surface area (Å²) in [5.41, 5.74) is 1.81.